The Hall–Kier alpha value is -2.70. The molecule has 1 aliphatic heterocycles. The van der Waals surface area contributed by atoms with Crippen molar-refractivity contribution in [1.82, 2.24) is 29.5 Å². The average Bonchev–Trinajstić information content (AvgIpc) is 3.20. The van der Waals surface area contributed by atoms with E-state index in [1.165, 1.54) is 0 Å². The van der Waals surface area contributed by atoms with E-state index >= 15 is 0 Å². The van der Waals surface area contributed by atoms with Crippen LogP contribution >= 0.6 is 0 Å². The number of hydrogen-bond donors (Lipinski definition) is 1. The first-order valence-corrected chi connectivity index (χ1v) is 7.37. The monoisotopic (exact) mass is 296 g/mol. The number of aromatic nitrogens is 5. The summed E-state index contributed by atoms with van der Waals surface area (Å²) in [7, 11) is 0. The Balaban J connectivity index is 1.55. The van der Waals surface area contributed by atoms with Crippen LogP contribution in [0.1, 0.15) is 34.3 Å². The van der Waals surface area contributed by atoms with Crippen LogP contribution in [0.25, 0.3) is 5.65 Å². The molecule has 1 aliphatic rings. The predicted molar refractivity (Wildman–Crippen MR) is 79.4 cm³/mol. The van der Waals surface area contributed by atoms with Gasteiger partial charge in [-0.15, -0.1) is 10.2 Å². The second kappa shape index (κ2) is 4.94. The lowest BCUT2D eigenvalue weighted by molar-refractivity contribution is 0.0944. The molecule has 3 aromatic rings. The van der Waals surface area contributed by atoms with Gasteiger partial charge < -0.3 is 14.3 Å². The molecule has 0 aromatic carbocycles. The Morgan fingerprint density at radius 3 is 3.14 bits per heavy atom. The van der Waals surface area contributed by atoms with E-state index in [0.29, 0.717) is 12.2 Å². The van der Waals surface area contributed by atoms with Crippen molar-refractivity contribution in [1.29, 1.82) is 0 Å². The highest BCUT2D eigenvalue weighted by molar-refractivity contribution is 5.94. The second-order valence-electron chi connectivity index (χ2n) is 5.44. The molecule has 4 rings (SSSR count). The molecule has 4 heterocycles. The fourth-order valence-corrected chi connectivity index (χ4v) is 2.92. The molecule has 0 aliphatic carbocycles. The molecular weight excluding hydrogens is 280 g/mol. The Morgan fingerprint density at radius 1 is 1.36 bits per heavy atom. The lowest BCUT2D eigenvalue weighted by Gasteiger charge is -2.05. The molecule has 1 N–H and O–H groups in total. The lowest BCUT2D eigenvalue weighted by Crippen LogP contribution is -2.25. The van der Waals surface area contributed by atoms with Gasteiger partial charge in [-0.2, -0.15) is 0 Å². The highest BCUT2D eigenvalue weighted by Gasteiger charge is 2.19. The summed E-state index contributed by atoms with van der Waals surface area (Å²) in [6.07, 6.45) is 3.96. The summed E-state index contributed by atoms with van der Waals surface area (Å²) >= 11 is 0. The minimum absolute atomic E-state index is 0.184. The third-order valence-corrected chi connectivity index (χ3v) is 4.08. The third-order valence-electron chi connectivity index (χ3n) is 4.08. The summed E-state index contributed by atoms with van der Waals surface area (Å²) in [6.45, 7) is 3.20. The topological polar surface area (TPSA) is 77.1 Å². The number of nitrogens with one attached hydrogen (secondary N) is 1. The van der Waals surface area contributed by atoms with Crippen LogP contribution in [0.4, 0.5) is 0 Å². The van der Waals surface area contributed by atoms with Crippen molar-refractivity contribution >= 4 is 11.6 Å². The quantitative estimate of drug-likeness (QED) is 0.785. The van der Waals surface area contributed by atoms with Crippen LogP contribution in [0.2, 0.25) is 0 Å². The van der Waals surface area contributed by atoms with Gasteiger partial charge in [0.1, 0.15) is 17.2 Å². The summed E-state index contributed by atoms with van der Waals surface area (Å²) in [5.41, 5.74) is 2.06. The zero-order valence-electron chi connectivity index (χ0n) is 12.3. The van der Waals surface area contributed by atoms with E-state index in [9.17, 15) is 4.79 Å². The third kappa shape index (κ3) is 1.97. The zero-order chi connectivity index (χ0) is 15.1. The van der Waals surface area contributed by atoms with Gasteiger partial charge in [0.2, 0.25) is 0 Å². The Bertz CT molecular complexity index is 862. The van der Waals surface area contributed by atoms with Gasteiger partial charge in [-0.05, 0) is 25.5 Å². The van der Waals surface area contributed by atoms with Crippen molar-refractivity contribution in [2.75, 3.05) is 0 Å². The summed E-state index contributed by atoms with van der Waals surface area (Å²) in [5.74, 6) is 1.63. The molecule has 7 nitrogen and oxygen atoms in total. The van der Waals surface area contributed by atoms with E-state index in [1.54, 1.807) is 0 Å². The molecule has 0 bridgehead atoms. The highest BCUT2D eigenvalue weighted by atomic mass is 16.1. The molecule has 3 aromatic heterocycles. The minimum Gasteiger partial charge on any atom is -0.343 e. The largest absolute Gasteiger partial charge is 0.343 e. The van der Waals surface area contributed by atoms with E-state index in [2.05, 4.69) is 25.1 Å². The summed E-state index contributed by atoms with van der Waals surface area (Å²) in [4.78, 5) is 16.8. The number of rotatable bonds is 3. The second-order valence-corrected chi connectivity index (χ2v) is 5.44. The van der Waals surface area contributed by atoms with Gasteiger partial charge in [-0.25, -0.2) is 4.98 Å². The number of fused-ring (bicyclic) bond motifs is 2. The fraction of sp³-hybridized carbons (Fsp3) is 0.333. The van der Waals surface area contributed by atoms with Crippen LogP contribution in [0, 0.1) is 6.92 Å². The number of pyridine rings is 1. The van der Waals surface area contributed by atoms with Gasteiger partial charge in [0.25, 0.3) is 5.91 Å². The minimum atomic E-state index is -0.184. The van der Waals surface area contributed by atoms with Crippen molar-refractivity contribution < 1.29 is 4.79 Å². The molecule has 0 spiro atoms. The number of amides is 1. The molecule has 0 saturated heterocycles. The summed E-state index contributed by atoms with van der Waals surface area (Å²) < 4.78 is 3.99. The van der Waals surface area contributed by atoms with Crippen LogP contribution in [0.5, 0.6) is 0 Å². The molecule has 0 fully saturated rings. The van der Waals surface area contributed by atoms with E-state index in [0.717, 1.165) is 42.4 Å². The fourth-order valence-electron chi connectivity index (χ4n) is 2.92. The summed E-state index contributed by atoms with van der Waals surface area (Å²) in [5, 5.41) is 11.2. The van der Waals surface area contributed by atoms with Crippen molar-refractivity contribution in [2.24, 2.45) is 0 Å². The molecular formula is C15H16N6O. The van der Waals surface area contributed by atoms with Crippen LogP contribution in [-0.4, -0.2) is 30.1 Å². The molecule has 112 valence electrons. The van der Waals surface area contributed by atoms with Crippen molar-refractivity contribution in [3.8, 4) is 0 Å². The van der Waals surface area contributed by atoms with Crippen molar-refractivity contribution in [3.63, 3.8) is 0 Å². The molecule has 0 radical (unpaired) electrons. The smallest absolute Gasteiger partial charge is 0.272 e. The SMILES string of the molecule is Cc1c(C(=O)NCc2nnc3n2CCC3)nc2ccccn12. The average molecular weight is 296 g/mol. The lowest BCUT2D eigenvalue weighted by atomic mass is 10.3. The van der Waals surface area contributed by atoms with Crippen LogP contribution in [0.15, 0.2) is 24.4 Å². The number of carbonyl (C=O) groups excluding carboxylic acids is 1. The Labute approximate surface area is 127 Å². The predicted octanol–water partition coefficient (Wildman–Crippen LogP) is 1.11. The van der Waals surface area contributed by atoms with Crippen LogP contribution < -0.4 is 5.32 Å². The van der Waals surface area contributed by atoms with E-state index in [1.807, 2.05) is 35.7 Å². The maximum absolute atomic E-state index is 12.4. The first-order valence-electron chi connectivity index (χ1n) is 7.37. The van der Waals surface area contributed by atoms with E-state index < -0.39 is 0 Å². The number of imidazole rings is 1. The molecule has 0 saturated carbocycles. The number of nitrogens with zero attached hydrogens (tertiary/aromatic N) is 5. The molecule has 1 amide bonds. The van der Waals surface area contributed by atoms with Gasteiger partial charge in [0, 0.05) is 19.2 Å². The maximum Gasteiger partial charge on any atom is 0.272 e. The molecule has 7 heteroatoms. The van der Waals surface area contributed by atoms with Gasteiger partial charge in [0.15, 0.2) is 5.82 Å². The van der Waals surface area contributed by atoms with E-state index in [4.69, 9.17) is 0 Å². The Morgan fingerprint density at radius 2 is 2.27 bits per heavy atom. The van der Waals surface area contributed by atoms with E-state index in [-0.39, 0.29) is 5.91 Å². The van der Waals surface area contributed by atoms with Gasteiger partial charge in [-0.1, -0.05) is 6.07 Å². The molecule has 22 heavy (non-hydrogen) atoms. The molecule has 0 unspecified atom stereocenters. The number of carbonyl (C=O) groups is 1. The van der Waals surface area contributed by atoms with Crippen LogP contribution in [-0.2, 0) is 19.5 Å². The standard InChI is InChI=1S/C15H16N6O/c1-10-14(17-11-5-2-3-7-20(10)11)15(22)16-9-13-19-18-12-6-4-8-21(12)13/h2-3,5,7H,4,6,8-9H2,1H3,(H,16,22). The number of aryl methyl sites for hydroxylation is 2. The Kier molecular flexibility index (Phi) is 2.92. The van der Waals surface area contributed by atoms with Gasteiger partial charge in [-0.3, -0.25) is 4.79 Å². The van der Waals surface area contributed by atoms with Gasteiger partial charge in [0.05, 0.1) is 12.2 Å². The maximum atomic E-state index is 12.4. The highest BCUT2D eigenvalue weighted by Crippen LogP contribution is 2.14. The summed E-state index contributed by atoms with van der Waals surface area (Å²) in [6, 6.07) is 5.71. The first-order chi connectivity index (χ1) is 10.7. The normalized spacial score (nSPS) is 13.5. The number of hydrogen-bond acceptors (Lipinski definition) is 4. The van der Waals surface area contributed by atoms with Crippen LogP contribution in [0.3, 0.4) is 0 Å². The molecule has 0 atom stereocenters. The zero-order valence-corrected chi connectivity index (χ0v) is 12.3. The van der Waals surface area contributed by atoms with Crippen molar-refractivity contribution in [3.05, 3.63) is 47.4 Å². The first kappa shape index (κ1) is 13.0. The van der Waals surface area contributed by atoms with Gasteiger partial charge >= 0.3 is 0 Å². The van der Waals surface area contributed by atoms with Crippen molar-refractivity contribution in [2.45, 2.75) is 32.9 Å².